The molecular weight excluding hydrogens is 673 g/mol. The minimum atomic E-state index is -4.80. The highest BCUT2D eigenvalue weighted by Crippen LogP contribution is 2.40. The predicted octanol–water partition coefficient (Wildman–Crippen LogP) is 4.80. The topological polar surface area (TPSA) is 175 Å². The van der Waals surface area contributed by atoms with Crippen LogP contribution in [0.4, 0.5) is 22.0 Å². The molecule has 2 unspecified atom stereocenters. The Balaban J connectivity index is 1.44. The largest absolute Gasteiger partial charge is 0.494 e. The maximum atomic E-state index is 14.5. The van der Waals surface area contributed by atoms with E-state index in [2.05, 4.69) is 30.9 Å². The molecule has 50 heavy (non-hydrogen) atoms. The number of halogens is 5. The van der Waals surface area contributed by atoms with Crippen molar-refractivity contribution in [3.8, 4) is 28.4 Å². The van der Waals surface area contributed by atoms with Gasteiger partial charge in [0.05, 0.1) is 36.2 Å². The zero-order valence-corrected chi connectivity index (χ0v) is 26.5. The Bertz CT molecular complexity index is 1920. The van der Waals surface area contributed by atoms with Gasteiger partial charge < -0.3 is 30.0 Å². The molecule has 0 saturated heterocycles. The van der Waals surface area contributed by atoms with Gasteiger partial charge in [-0.2, -0.15) is 18.3 Å². The standard InChI is InChI=1S/C32H30F5N7O6/c1-3-11-49-17-7-8-18(20(12-17)32(35,36)37)22-13-25(50-43-22)28(30(46)38-10-9-26(45)40-16(2)31(47)48)44-15-24-23(14-39-44)41-29(42-24)19-5-4-6-21(33)27(19)34/h4-8,12-14,16,28H,3,9-11,15H2,1-2H3,(H,38,46)(H,40,45)(H,41,42)(H,47,48). The number of nitrogens with one attached hydrogen (secondary N) is 3. The predicted molar refractivity (Wildman–Crippen MR) is 165 cm³/mol. The average molecular weight is 704 g/mol. The number of amides is 2. The fraction of sp³-hybridized carbons (Fsp3) is 0.312. The number of carbonyl (C=O) groups is 3. The number of carbonyl (C=O) groups excluding carboxylic acids is 2. The molecule has 0 aliphatic carbocycles. The maximum absolute atomic E-state index is 14.5. The number of ether oxygens (including phenoxy) is 1. The number of carboxylic acids is 1. The van der Waals surface area contributed by atoms with Crippen LogP contribution in [0, 0.1) is 11.6 Å². The number of aromatic nitrogens is 3. The Morgan fingerprint density at radius 2 is 1.92 bits per heavy atom. The summed E-state index contributed by atoms with van der Waals surface area (Å²) < 4.78 is 81.6. The van der Waals surface area contributed by atoms with E-state index in [-0.39, 0.29) is 66.0 Å². The number of rotatable bonds is 13. The van der Waals surface area contributed by atoms with Crippen LogP contribution < -0.4 is 15.4 Å². The van der Waals surface area contributed by atoms with Crippen molar-refractivity contribution >= 4 is 24.0 Å². The first kappa shape index (κ1) is 35.5. The zero-order chi connectivity index (χ0) is 36.2. The Labute approximate surface area is 280 Å². The molecule has 0 spiro atoms. The summed E-state index contributed by atoms with van der Waals surface area (Å²) in [7, 11) is 0. The van der Waals surface area contributed by atoms with Crippen molar-refractivity contribution in [3.63, 3.8) is 0 Å². The van der Waals surface area contributed by atoms with Crippen LogP contribution >= 0.6 is 0 Å². The van der Waals surface area contributed by atoms with E-state index in [1.54, 1.807) is 6.92 Å². The zero-order valence-electron chi connectivity index (χ0n) is 26.5. The molecule has 0 bridgehead atoms. The summed E-state index contributed by atoms with van der Waals surface area (Å²) in [5.74, 6) is -5.20. The monoisotopic (exact) mass is 703 g/mol. The Morgan fingerprint density at radius 1 is 1.14 bits per heavy atom. The lowest BCUT2D eigenvalue weighted by Crippen LogP contribution is -2.42. The summed E-state index contributed by atoms with van der Waals surface area (Å²) in [6.07, 6.45) is -3.29. The van der Waals surface area contributed by atoms with Gasteiger partial charge in [-0.25, -0.2) is 13.8 Å². The number of nitrogens with zero attached hydrogens (tertiary/aromatic N) is 4. The third-order valence-electron chi connectivity index (χ3n) is 7.45. The highest BCUT2D eigenvalue weighted by Gasteiger charge is 2.37. The Morgan fingerprint density at radius 3 is 2.64 bits per heavy atom. The molecule has 0 radical (unpaired) electrons. The van der Waals surface area contributed by atoms with Crippen LogP contribution in [0.5, 0.6) is 5.75 Å². The van der Waals surface area contributed by atoms with Gasteiger partial charge in [-0.3, -0.25) is 19.4 Å². The molecule has 0 fully saturated rings. The van der Waals surface area contributed by atoms with Gasteiger partial charge >= 0.3 is 12.1 Å². The van der Waals surface area contributed by atoms with Crippen LogP contribution in [0.3, 0.4) is 0 Å². The number of H-pyrrole nitrogens is 1. The molecule has 264 valence electrons. The molecule has 18 heteroatoms. The maximum Gasteiger partial charge on any atom is 0.417 e. The molecule has 5 rings (SSSR count). The second-order valence-corrected chi connectivity index (χ2v) is 11.1. The fourth-order valence-corrected chi connectivity index (χ4v) is 4.97. The first-order chi connectivity index (χ1) is 23.8. The SMILES string of the molecule is CCCOc1ccc(-c2cc(C(C(=O)NCCC(=O)NC(C)C(=O)O)N3Cc4[nH]c(-c5cccc(F)c5F)nc4C=N3)on2)c(C(F)(F)F)c1. The van der Waals surface area contributed by atoms with E-state index in [0.29, 0.717) is 12.1 Å². The molecule has 2 atom stereocenters. The van der Waals surface area contributed by atoms with Gasteiger partial charge in [-0.1, -0.05) is 18.1 Å². The van der Waals surface area contributed by atoms with Gasteiger partial charge in [0, 0.05) is 24.6 Å². The quantitative estimate of drug-likeness (QED) is 0.143. The van der Waals surface area contributed by atoms with E-state index in [0.717, 1.165) is 18.2 Å². The minimum absolute atomic E-state index is 0.00110. The lowest BCUT2D eigenvalue weighted by atomic mass is 10.0. The number of alkyl halides is 3. The average Bonchev–Trinajstić information content (AvgIpc) is 3.72. The lowest BCUT2D eigenvalue weighted by Gasteiger charge is -2.28. The molecule has 2 amide bonds. The number of hydrazone groups is 1. The third kappa shape index (κ3) is 7.90. The van der Waals surface area contributed by atoms with Crippen LogP contribution in [0.25, 0.3) is 22.6 Å². The van der Waals surface area contributed by atoms with Crippen LogP contribution in [-0.4, -0.2) is 68.4 Å². The van der Waals surface area contributed by atoms with Crippen LogP contribution in [0.15, 0.2) is 52.1 Å². The summed E-state index contributed by atoms with van der Waals surface area (Å²) in [5.41, 5.74) is -1.22. The van der Waals surface area contributed by atoms with Crippen molar-refractivity contribution in [2.75, 3.05) is 13.2 Å². The van der Waals surface area contributed by atoms with Gasteiger partial charge in [-0.05, 0) is 43.7 Å². The number of imidazole rings is 1. The van der Waals surface area contributed by atoms with Crippen molar-refractivity contribution in [1.82, 2.24) is 30.8 Å². The van der Waals surface area contributed by atoms with E-state index in [9.17, 15) is 36.3 Å². The summed E-state index contributed by atoms with van der Waals surface area (Å²) >= 11 is 0. The summed E-state index contributed by atoms with van der Waals surface area (Å²) in [5, 5.41) is 23.1. The Kier molecular flexibility index (Phi) is 10.5. The first-order valence-electron chi connectivity index (χ1n) is 15.2. The summed E-state index contributed by atoms with van der Waals surface area (Å²) in [4.78, 5) is 44.0. The molecular formula is C32H30F5N7O6. The Hall–Kier alpha value is -5.81. The summed E-state index contributed by atoms with van der Waals surface area (Å²) in [6, 6.07) is 5.42. The molecule has 0 saturated carbocycles. The molecule has 1 aliphatic rings. The summed E-state index contributed by atoms with van der Waals surface area (Å²) in [6.45, 7) is 2.83. The van der Waals surface area contributed by atoms with Crippen molar-refractivity contribution in [1.29, 1.82) is 0 Å². The van der Waals surface area contributed by atoms with Gasteiger partial charge in [-0.15, -0.1) is 0 Å². The van der Waals surface area contributed by atoms with Crippen molar-refractivity contribution in [2.24, 2.45) is 5.10 Å². The molecule has 4 N–H and O–H groups in total. The molecule has 3 heterocycles. The highest BCUT2D eigenvalue weighted by atomic mass is 19.4. The number of fused-ring (bicyclic) bond motifs is 1. The van der Waals surface area contributed by atoms with Crippen LogP contribution in [-0.2, 0) is 27.1 Å². The number of hydrogen-bond acceptors (Lipinski definition) is 9. The number of benzene rings is 2. The third-order valence-corrected chi connectivity index (χ3v) is 7.45. The number of hydrogen-bond donors (Lipinski definition) is 4. The van der Waals surface area contributed by atoms with Gasteiger partial charge in [0.1, 0.15) is 29.0 Å². The van der Waals surface area contributed by atoms with E-state index in [1.807, 2.05) is 0 Å². The van der Waals surface area contributed by atoms with E-state index >= 15 is 0 Å². The van der Waals surface area contributed by atoms with Crippen LogP contribution in [0.1, 0.15) is 55.4 Å². The van der Waals surface area contributed by atoms with Crippen LogP contribution in [0.2, 0.25) is 0 Å². The number of aliphatic carboxylic acids is 1. The molecule has 2 aromatic carbocycles. The normalized spacial score (nSPS) is 13.8. The molecule has 13 nitrogen and oxygen atoms in total. The second kappa shape index (κ2) is 14.8. The van der Waals surface area contributed by atoms with E-state index < -0.39 is 53.2 Å². The van der Waals surface area contributed by atoms with Gasteiger partial charge in [0.15, 0.2) is 23.4 Å². The first-order valence-corrected chi connectivity index (χ1v) is 15.2. The second-order valence-electron chi connectivity index (χ2n) is 11.1. The number of aromatic amines is 1. The molecule has 2 aromatic heterocycles. The van der Waals surface area contributed by atoms with Crippen molar-refractivity contribution in [3.05, 3.63) is 76.8 Å². The van der Waals surface area contributed by atoms with E-state index in [4.69, 9.17) is 14.4 Å². The fourth-order valence-electron chi connectivity index (χ4n) is 4.97. The highest BCUT2D eigenvalue weighted by molar-refractivity contribution is 5.86. The molecule has 4 aromatic rings. The minimum Gasteiger partial charge on any atom is -0.494 e. The van der Waals surface area contributed by atoms with Crippen molar-refractivity contribution < 1.29 is 50.7 Å². The van der Waals surface area contributed by atoms with Gasteiger partial charge in [0.25, 0.3) is 5.91 Å². The van der Waals surface area contributed by atoms with Gasteiger partial charge in [0.2, 0.25) is 5.91 Å². The molecule has 1 aliphatic heterocycles. The van der Waals surface area contributed by atoms with Crippen molar-refractivity contribution in [2.45, 2.75) is 51.5 Å². The number of carboxylic acid groups (broad SMARTS) is 1. The van der Waals surface area contributed by atoms with E-state index in [1.165, 1.54) is 42.4 Å². The lowest BCUT2D eigenvalue weighted by molar-refractivity contribution is -0.141. The smallest absolute Gasteiger partial charge is 0.417 e.